The molecule has 0 bridgehead atoms. The Morgan fingerprint density at radius 3 is 2.18 bits per heavy atom. The molecule has 5 aromatic rings. The lowest BCUT2D eigenvalue weighted by Gasteiger charge is -2.16. The Labute approximate surface area is 166 Å². The van der Waals surface area contributed by atoms with Crippen LogP contribution >= 0.6 is 11.3 Å². The Morgan fingerprint density at radius 2 is 1.54 bits per heavy atom. The van der Waals surface area contributed by atoms with Crippen molar-refractivity contribution in [2.45, 2.75) is 12.3 Å². The van der Waals surface area contributed by atoms with Crippen LogP contribution in [-0.4, -0.2) is 24.8 Å². The van der Waals surface area contributed by atoms with Gasteiger partial charge in [0.15, 0.2) is 5.82 Å². The number of fused-ring (bicyclic) bond motifs is 1. The number of pyridine rings is 1. The number of benzene rings is 2. The molecule has 3 aromatic heterocycles. The zero-order chi connectivity index (χ0) is 18.8. The van der Waals surface area contributed by atoms with Crippen molar-refractivity contribution in [3.05, 3.63) is 101 Å². The number of aromatic nitrogens is 5. The molecule has 0 unspecified atom stereocenters. The van der Waals surface area contributed by atoms with Gasteiger partial charge in [-0.25, -0.2) is 0 Å². The van der Waals surface area contributed by atoms with E-state index >= 15 is 0 Å². The van der Waals surface area contributed by atoms with Crippen molar-refractivity contribution >= 4 is 16.3 Å². The van der Waals surface area contributed by atoms with Crippen molar-refractivity contribution in [3.63, 3.8) is 0 Å². The summed E-state index contributed by atoms with van der Waals surface area (Å²) in [4.78, 5) is 4.98. The molecular formula is C22H17N5S. The first-order chi connectivity index (χ1) is 13.9. The van der Waals surface area contributed by atoms with E-state index in [1.165, 1.54) is 11.1 Å². The maximum Gasteiger partial charge on any atom is 0.234 e. The Kier molecular flexibility index (Phi) is 4.39. The minimum absolute atomic E-state index is 0.244. The van der Waals surface area contributed by atoms with Gasteiger partial charge < -0.3 is 0 Å². The van der Waals surface area contributed by atoms with Crippen molar-refractivity contribution in [2.75, 3.05) is 0 Å². The first-order valence-corrected chi connectivity index (χ1v) is 9.91. The lowest BCUT2D eigenvalue weighted by atomic mass is 9.89. The molecule has 0 aliphatic heterocycles. The Morgan fingerprint density at radius 1 is 0.821 bits per heavy atom. The standard InChI is InChI=1S/C22H17N5S/c1-3-8-16(9-4-1)19(17-10-5-2-6-11-17)14-20-26-27-21(24-25-22(27)28-20)18-12-7-13-23-15-18/h1-13,15,19H,14H2. The fourth-order valence-corrected chi connectivity index (χ4v) is 4.27. The van der Waals surface area contributed by atoms with Crippen LogP contribution in [0.3, 0.4) is 0 Å². The summed E-state index contributed by atoms with van der Waals surface area (Å²) in [6, 6.07) is 25.0. The largest absolute Gasteiger partial charge is 0.264 e. The lowest BCUT2D eigenvalue weighted by Crippen LogP contribution is -2.05. The summed E-state index contributed by atoms with van der Waals surface area (Å²) in [5.41, 5.74) is 3.48. The molecule has 0 spiro atoms. The van der Waals surface area contributed by atoms with E-state index < -0.39 is 0 Å². The zero-order valence-corrected chi connectivity index (χ0v) is 15.8. The van der Waals surface area contributed by atoms with Gasteiger partial charge >= 0.3 is 0 Å². The molecule has 5 nitrogen and oxygen atoms in total. The second-order valence-electron chi connectivity index (χ2n) is 6.53. The van der Waals surface area contributed by atoms with Crippen LogP contribution in [0.15, 0.2) is 85.2 Å². The normalized spacial score (nSPS) is 11.3. The third-order valence-corrected chi connectivity index (χ3v) is 5.66. The van der Waals surface area contributed by atoms with Crippen molar-refractivity contribution in [2.24, 2.45) is 0 Å². The summed E-state index contributed by atoms with van der Waals surface area (Å²) >= 11 is 1.59. The summed E-state index contributed by atoms with van der Waals surface area (Å²) in [5, 5.41) is 14.4. The van der Waals surface area contributed by atoms with Crippen molar-refractivity contribution in [3.8, 4) is 11.4 Å². The molecule has 0 saturated carbocycles. The van der Waals surface area contributed by atoms with Gasteiger partial charge in [0.2, 0.25) is 4.96 Å². The Bertz CT molecular complexity index is 1140. The van der Waals surface area contributed by atoms with Crippen molar-refractivity contribution in [1.29, 1.82) is 0 Å². The zero-order valence-electron chi connectivity index (χ0n) is 15.0. The quantitative estimate of drug-likeness (QED) is 0.444. The van der Waals surface area contributed by atoms with E-state index in [9.17, 15) is 0 Å². The lowest BCUT2D eigenvalue weighted by molar-refractivity contribution is 0.774. The van der Waals surface area contributed by atoms with Crippen LogP contribution in [0.1, 0.15) is 22.1 Å². The maximum absolute atomic E-state index is 4.82. The fraction of sp³-hybridized carbons (Fsp3) is 0.0909. The monoisotopic (exact) mass is 383 g/mol. The smallest absolute Gasteiger partial charge is 0.234 e. The second-order valence-corrected chi connectivity index (χ2v) is 7.57. The molecule has 136 valence electrons. The van der Waals surface area contributed by atoms with Crippen LogP contribution in [-0.2, 0) is 6.42 Å². The SMILES string of the molecule is c1ccc(C(Cc2nn3c(-c4cccnc4)nnc3s2)c2ccccc2)cc1. The van der Waals surface area contributed by atoms with Crippen LogP contribution in [0.5, 0.6) is 0 Å². The molecule has 0 atom stereocenters. The summed E-state index contributed by atoms with van der Waals surface area (Å²) in [6.07, 6.45) is 4.35. The van der Waals surface area contributed by atoms with Crippen LogP contribution < -0.4 is 0 Å². The van der Waals surface area contributed by atoms with Gasteiger partial charge in [0, 0.05) is 30.3 Å². The van der Waals surface area contributed by atoms with Crippen LogP contribution in [0.25, 0.3) is 16.3 Å². The van der Waals surface area contributed by atoms with Crippen molar-refractivity contribution < 1.29 is 0 Å². The molecule has 28 heavy (non-hydrogen) atoms. The highest BCUT2D eigenvalue weighted by Crippen LogP contribution is 2.30. The molecule has 0 aliphatic rings. The highest BCUT2D eigenvalue weighted by molar-refractivity contribution is 7.16. The van der Waals surface area contributed by atoms with Gasteiger partial charge in [0.05, 0.1) is 0 Å². The summed E-state index contributed by atoms with van der Waals surface area (Å²) in [7, 11) is 0. The molecule has 0 saturated heterocycles. The maximum atomic E-state index is 4.82. The molecule has 0 fully saturated rings. The molecule has 5 rings (SSSR count). The van der Waals surface area contributed by atoms with E-state index in [0.29, 0.717) is 0 Å². The van der Waals surface area contributed by atoms with E-state index in [4.69, 9.17) is 5.10 Å². The van der Waals surface area contributed by atoms with E-state index in [0.717, 1.165) is 27.8 Å². The average Bonchev–Trinajstić information content (AvgIpc) is 3.34. The molecule has 0 N–H and O–H groups in total. The predicted molar refractivity (Wildman–Crippen MR) is 110 cm³/mol. The number of nitrogens with zero attached hydrogens (tertiary/aromatic N) is 5. The predicted octanol–water partition coefficient (Wildman–Crippen LogP) is 4.62. The topological polar surface area (TPSA) is 56.0 Å². The summed E-state index contributed by atoms with van der Waals surface area (Å²) in [6.45, 7) is 0. The van der Waals surface area contributed by atoms with E-state index in [1.54, 1.807) is 23.7 Å². The van der Waals surface area contributed by atoms with E-state index in [1.807, 2.05) is 16.6 Å². The Balaban J connectivity index is 1.53. The van der Waals surface area contributed by atoms with Gasteiger partial charge in [-0.05, 0) is 23.3 Å². The van der Waals surface area contributed by atoms with Gasteiger partial charge in [-0.2, -0.15) is 9.61 Å². The molecular weight excluding hydrogens is 366 g/mol. The second kappa shape index (κ2) is 7.32. The van der Waals surface area contributed by atoms with Crippen LogP contribution in [0.4, 0.5) is 0 Å². The third kappa shape index (κ3) is 3.18. The first-order valence-electron chi connectivity index (χ1n) is 9.10. The molecule has 0 amide bonds. The first kappa shape index (κ1) is 16.8. The molecule has 2 aromatic carbocycles. The average molecular weight is 383 g/mol. The number of rotatable bonds is 5. The van der Waals surface area contributed by atoms with E-state index in [-0.39, 0.29) is 5.92 Å². The minimum Gasteiger partial charge on any atom is -0.264 e. The third-order valence-electron chi connectivity index (χ3n) is 4.74. The Hall–Kier alpha value is -3.38. The molecule has 3 heterocycles. The number of hydrogen-bond donors (Lipinski definition) is 0. The highest BCUT2D eigenvalue weighted by Gasteiger charge is 2.19. The van der Waals surface area contributed by atoms with Gasteiger partial charge in [0.1, 0.15) is 5.01 Å². The minimum atomic E-state index is 0.244. The van der Waals surface area contributed by atoms with E-state index in [2.05, 4.69) is 75.8 Å². The van der Waals surface area contributed by atoms with Gasteiger partial charge in [0.25, 0.3) is 0 Å². The van der Waals surface area contributed by atoms with Crippen LogP contribution in [0.2, 0.25) is 0 Å². The summed E-state index contributed by atoms with van der Waals surface area (Å²) in [5.74, 6) is 0.967. The number of hydrogen-bond acceptors (Lipinski definition) is 5. The molecule has 6 heteroatoms. The van der Waals surface area contributed by atoms with Gasteiger partial charge in [-0.15, -0.1) is 10.2 Å². The van der Waals surface area contributed by atoms with Crippen molar-refractivity contribution in [1.82, 2.24) is 24.8 Å². The summed E-state index contributed by atoms with van der Waals surface area (Å²) < 4.78 is 1.82. The van der Waals surface area contributed by atoms with Gasteiger partial charge in [-0.1, -0.05) is 72.0 Å². The molecule has 0 radical (unpaired) electrons. The van der Waals surface area contributed by atoms with Crippen LogP contribution in [0, 0.1) is 0 Å². The fourth-order valence-electron chi connectivity index (χ4n) is 3.39. The molecule has 0 aliphatic carbocycles. The van der Waals surface area contributed by atoms with Gasteiger partial charge in [-0.3, -0.25) is 4.98 Å². The highest BCUT2D eigenvalue weighted by atomic mass is 32.1.